The third-order valence-corrected chi connectivity index (χ3v) is 2.88. The molecule has 1 nitrogen and oxygen atoms in total. The van der Waals surface area contributed by atoms with Gasteiger partial charge in [-0.25, -0.2) is 0 Å². The van der Waals surface area contributed by atoms with E-state index in [0.717, 1.165) is 6.54 Å². The Balaban J connectivity index is 2.63. The summed E-state index contributed by atoms with van der Waals surface area (Å²) in [4.78, 5) is 0. The van der Waals surface area contributed by atoms with Crippen LogP contribution in [0.3, 0.4) is 0 Å². The molecule has 6 heavy (non-hydrogen) atoms. The van der Waals surface area contributed by atoms with Crippen LogP contribution < -0.4 is 5.09 Å². The zero-order valence-corrected chi connectivity index (χ0v) is 8.62. The Morgan fingerprint density at radius 1 is 1.67 bits per heavy atom. The average molecular weight is 329 g/mol. The van der Waals surface area contributed by atoms with Gasteiger partial charge in [-0.2, -0.15) is 0 Å². The first kappa shape index (κ1) is 7.85. The molecule has 0 fully saturated rings. The van der Waals surface area contributed by atoms with Crippen molar-refractivity contribution < 1.29 is 0 Å². The Hall–Kier alpha value is 1.85. The quantitative estimate of drug-likeness (QED) is 0.607. The molecule has 0 rings (SSSR count). The van der Waals surface area contributed by atoms with E-state index in [2.05, 4.69) is 56.1 Å². The molecule has 0 aliphatic heterocycles. The number of nitrogens with one attached hydrogen (secondary N) is 1. The molecule has 0 radical (unpaired) electrons. The van der Waals surface area contributed by atoms with Gasteiger partial charge in [-0.3, -0.25) is 5.09 Å². The Labute approximate surface area is 65.4 Å². The SMILES string of the molecule is CCNP(I)I. The van der Waals surface area contributed by atoms with Gasteiger partial charge in [0.05, 0.1) is 3.36 Å². The summed E-state index contributed by atoms with van der Waals surface area (Å²) in [6, 6.07) is 0. The van der Waals surface area contributed by atoms with Crippen LogP contribution in [0.25, 0.3) is 0 Å². The lowest BCUT2D eigenvalue weighted by atomic mass is 10.8. The molecule has 0 saturated heterocycles. The standard InChI is InChI=1S/C2H6I2NP/c1-2-5-6(3)4/h5H,2H2,1H3. The van der Waals surface area contributed by atoms with E-state index in [-0.39, 0.29) is 3.36 Å². The smallest absolute Gasteiger partial charge is 0.0941 e. The molecular formula is C2H6I2NP. The first-order valence-corrected chi connectivity index (χ1v) is 8.53. The van der Waals surface area contributed by atoms with Crippen molar-refractivity contribution in [3.05, 3.63) is 0 Å². The average Bonchev–Trinajstić information content (AvgIpc) is 1.35. The Bertz CT molecular complexity index is 32.7. The van der Waals surface area contributed by atoms with Gasteiger partial charge in [0.1, 0.15) is 0 Å². The molecule has 0 aromatic rings. The summed E-state index contributed by atoms with van der Waals surface area (Å²) >= 11 is 4.77. The van der Waals surface area contributed by atoms with Crippen molar-refractivity contribution in [3.8, 4) is 0 Å². The van der Waals surface area contributed by atoms with Crippen molar-refractivity contribution >= 4 is 47.4 Å². The van der Waals surface area contributed by atoms with Gasteiger partial charge in [0, 0.05) is 0 Å². The lowest BCUT2D eigenvalue weighted by molar-refractivity contribution is 1.04. The molecule has 0 spiro atoms. The third kappa shape index (κ3) is 5.85. The van der Waals surface area contributed by atoms with Gasteiger partial charge >= 0.3 is 0 Å². The molecule has 0 amide bonds. The monoisotopic (exact) mass is 329 g/mol. The molecule has 0 heterocycles. The van der Waals surface area contributed by atoms with Gasteiger partial charge in [0.2, 0.25) is 0 Å². The summed E-state index contributed by atoms with van der Waals surface area (Å²) in [6.45, 7) is 3.21. The summed E-state index contributed by atoms with van der Waals surface area (Å²) < 4.78 is 0.0894. The predicted octanol–water partition coefficient (Wildman–Crippen LogP) is 2.69. The topological polar surface area (TPSA) is 12.0 Å². The zero-order chi connectivity index (χ0) is 4.99. The maximum Gasteiger partial charge on any atom is 0.0941 e. The zero-order valence-electron chi connectivity index (χ0n) is 3.41. The Morgan fingerprint density at radius 3 is 2.17 bits per heavy atom. The van der Waals surface area contributed by atoms with Crippen molar-refractivity contribution in [2.24, 2.45) is 0 Å². The van der Waals surface area contributed by atoms with Gasteiger partial charge < -0.3 is 0 Å². The number of rotatable bonds is 2. The first-order valence-electron chi connectivity index (χ1n) is 1.62. The van der Waals surface area contributed by atoms with Gasteiger partial charge in [-0.15, -0.1) is 0 Å². The van der Waals surface area contributed by atoms with E-state index in [0.29, 0.717) is 0 Å². The van der Waals surface area contributed by atoms with Gasteiger partial charge in [0.15, 0.2) is 0 Å². The van der Waals surface area contributed by atoms with E-state index < -0.39 is 0 Å². The number of halogens is 2. The van der Waals surface area contributed by atoms with E-state index in [1.54, 1.807) is 0 Å². The molecular weight excluding hydrogens is 323 g/mol. The van der Waals surface area contributed by atoms with Gasteiger partial charge in [-0.1, -0.05) is 6.92 Å². The second-order valence-electron chi connectivity index (χ2n) is 0.745. The fourth-order valence-corrected chi connectivity index (χ4v) is 2.41. The molecule has 0 aliphatic carbocycles. The molecule has 0 aromatic carbocycles. The fourth-order valence-electron chi connectivity index (χ4n) is 0.120. The molecule has 0 bridgehead atoms. The van der Waals surface area contributed by atoms with Crippen molar-refractivity contribution in [2.75, 3.05) is 6.54 Å². The molecule has 0 saturated carbocycles. The highest BCUT2D eigenvalue weighted by atomic mass is 127. The van der Waals surface area contributed by atoms with Gasteiger partial charge in [0.25, 0.3) is 0 Å². The van der Waals surface area contributed by atoms with Gasteiger partial charge in [-0.05, 0) is 50.6 Å². The van der Waals surface area contributed by atoms with E-state index in [4.69, 9.17) is 0 Å². The lowest BCUT2D eigenvalue weighted by Crippen LogP contribution is -1.96. The Morgan fingerprint density at radius 2 is 2.17 bits per heavy atom. The third-order valence-electron chi connectivity index (χ3n) is 0.278. The molecule has 4 heteroatoms. The minimum Gasteiger partial charge on any atom is -0.280 e. The van der Waals surface area contributed by atoms with Crippen molar-refractivity contribution in [1.29, 1.82) is 0 Å². The van der Waals surface area contributed by atoms with Crippen LogP contribution in [0.2, 0.25) is 0 Å². The maximum absolute atomic E-state index is 3.25. The summed E-state index contributed by atoms with van der Waals surface area (Å²) in [6.07, 6.45) is 0. The highest BCUT2D eigenvalue weighted by molar-refractivity contribution is 14.3. The van der Waals surface area contributed by atoms with Crippen molar-refractivity contribution in [3.63, 3.8) is 0 Å². The van der Waals surface area contributed by atoms with Crippen LogP contribution in [0, 0.1) is 0 Å². The number of hydrogen-bond donors (Lipinski definition) is 1. The van der Waals surface area contributed by atoms with E-state index in [1.807, 2.05) is 0 Å². The van der Waals surface area contributed by atoms with Crippen LogP contribution in [0.4, 0.5) is 0 Å². The van der Waals surface area contributed by atoms with Crippen molar-refractivity contribution in [2.45, 2.75) is 6.92 Å². The number of hydrogen-bond acceptors (Lipinski definition) is 1. The van der Waals surface area contributed by atoms with E-state index >= 15 is 0 Å². The van der Waals surface area contributed by atoms with Crippen LogP contribution in [0.15, 0.2) is 0 Å². The van der Waals surface area contributed by atoms with Crippen LogP contribution in [-0.4, -0.2) is 6.54 Å². The molecule has 38 valence electrons. The summed E-state index contributed by atoms with van der Waals surface area (Å²) in [5, 5.41) is 3.25. The highest BCUT2D eigenvalue weighted by Crippen LogP contribution is 2.48. The lowest BCUT2D eigenvalue weighted by Gasteiger charge is -1.96. The van der Waals surface area contributed by atoms with E-state index in [1.165, 1.54) is 0 Å². The minimum absolute atomic E-state index is 0.0894. The van der Waals surface area contributed by atoms with Crippen LogP contribution in [0.5, 0.6) is 0 Å². The summed E-state index contributed by atoms with van der Waals surface area (Å²) in [7, 11) is 0. The molecule has 0 unspecified atom stereocenters. The largest absolute Gasteiger partial charge is 0.280 e. The van der Waals surface area contributed by atoms with E-state index in [9.17, 15) is 0 Å². The second-order valence-corrected chi connectivity index (χ2v) is 12.9. The maximum atomic E-state index is 3.25. The molecule has 0 atom stereocenters. The van der Waals surface area contributed by atoms with Crippen molar-refractivity contribution in [1.82, 2.24) is 5.09 Å². The minimum atomic E-state index is 0.0894. The molecule has 1 N–H and O–H groups in total. The predicted molar refractivity (Wildman–Crippen MR) is 48.6 cm³/mol. The summed E-state index contributed by atoms with van der Waals surface area (Å²) in [5.41, 5.74) is 0. The van der Waals surface area contributed by atoms with Crippen LogP contribution >= 0.6 is 47.4 Å². The van der Waals surface area contributed by atoms with Crippen LogP contribution in [-0.2, 0) is 0 Å². The molecule has 0 aliphatic rings. The normalized spacial score (nSPS) is 10.0. The fraction of sp³-hybridized carbons (Fsp3) is 1.00. The Kier molecular flexibility index (Phi) is 6.54. The first-order chi connectivity index (χ1) is 2.77. The van der Waals surface area contributed by atoms with Crippen LogP contribution in [0.1, 0.15) is 6.92 Å². The summed E-state index contributed by atoms with van der Waals surface area (Å²) in [5.74, 6) is 0. The molecule has 0 aromatic heterocycles. The highest BCUT2D eigenvalue weighted by Gasteiger charge is 1.87. The second kappa shape index (κ2) is 5.00.